The molecule has 0 heterocycles. The SMILES string of the molecule is CC/C(C)=C/C=C/C=C/[C@@H](C)C(O)C(C)C(=O)CC(O)/C(C)=C/CC(C)=O. The molecule has 0 aliphatic rings. The summed E-state index contributed by atoms with van der Waals surface area (Å²) in [4.78, 5) is 23.4. The molecule has 0 aromatic heterocycles. The first-order chi connectivity index (χ1) is 12.6. The summed E-state index contributed by atoms with van der Waals surface area (Å²) in [5.41, 5.74) is 1.90. The number of allylic oxidation sites excluding steroid dienone is 6. The van der Waals surface area contributed by atoms with E-state index in [0.717, 1.165) is 6.42 Å². The highest BCUT2D eigenvalue weighted by molar-refractivity contribution is 5.82. The lowest BCUT2D eigenvalue weighted by Crippen LogP contribution is -2.32. The van der Waals surface area contributed by atoms with Crippen molar-refractivity contribution in [1.82, 2.24) is 0 Å². The average Bonchev–Trinajstić information content (AvgIpc) is 2.63. The lowest BCUT2D eigenvalue weighted by Gasteiger charge is -2.23. The molecule has 0 fully saturated rings. The summed E-state index contributed by atoms with van der Waals surface area (Å²) < 4.78 is 0. The summed E-state index contributed by atoms with van der Waals surface area (Å²) in [6.07, 6.45) is 10.7. The second-order valence-corrected chi connectivity index (χ2v) is 7.32. The molecule has 0 aliphatic heterocycles. The Morgan fingerprint density at radius 2 is 1.63 bits per heavy atom. The number of aliphatic hydroxyl groups excluding tert-OH is 2. The molecule has 0 rings (SSSR count). The average molecular weight is 377 g/mol. The molecular weight excluding hydrogens is 340 g/mol. The Hall–Kier alpha value is -1.78. The van der Waals surface area contributed by atoms with E-state index in [4.69, 9.17) is 0 Å². The van der Waals surface area contributed by atoms with Crippen LogP contribution in [-0.4, -0.2) is 34.0 Å². The Kier molecular flexibility index (Phi) is 12.5. The van der Waals surface area contributed by atoms with Crippen molar-refractivity contribution in [3.8, 4) is 0 Å². The molecule has 0 aromatic rings. The number of hydrogen-bond acceptors (Lipinski definition) is 4. The number of carbonyl (C=O) groups is 2. The van der Waals surface area contributed by atoms with Gasteiger partial charge in [0.15, 0.2) is 0 Å². The predicted octanol–water partition coefficient (Wildman–Crippen LogP) is 4.33. The third-order valence-corrected chi connectivity index (χ3v) is 4.77. The summed E-state index contributed by atoms with van der Waals surface area (Å²) in [6, 6.07) is 0. The molecule has 3 unspecified atom stereocenters. The van der Waals surface area contributed by atoms with Gasteiger partial charge >= 0.3 is 0 Å². The Morgan fingerprint density at radius 1 is 1.00 bits per heavy atom. The smallest absolute Gasteiger partial charge is 0.141 e. The van der Waals surface area contributed by atoms with Gasteiger partial charge in [0, 0.05) is 24.7 Å². The molecule has 0 aliphatic carbocycles. The molecule has 4 heteroatoms. The summed E-state index contributed by atoms with van der Waals surface area (Å²) in [6.45, 7) is 10.9. The van der Waals surface area contributed by atoms with Crippen LogP contribution in [0.3, 0.4) is 0 Å². The fraction of sp³-hybridized carbons (Fsp3) is 0.565. The highest BCUT2D eigenvalue weighted by Crippen LogP contribution is 2.19. The minimum Gasteiger partial charge on any atom is -0.392 e. The zero-order valence-corrected chi connectivity index (χ0v) is 17.6. The molecule has 4 atom stereocenters. The van der Waals surface area contributed by atoms with E-state index in [1.807, 2.05) is 37.3 Å². The van der Waals surface area contributed by atoms with Gasteiger partial charge in [-0.25, -0.2) is 0 Å². The quantitative estimate of drug-likeness (QED) is 0.393. The van der Waals surface area contributed by atoms with Crippen LogP contribution in [0.4, 0.5) is 0 Å². The second kappa shape index (κ2) is 13.4. The van der Waals surface area contributed by atoms with Crippen molar-refractivity contribution in [2.45, 2.75) is 73.0 Å². The van der Waals surface area contributed by atoms with Gasteiger partial charge in [0.2, 0.25) is 0 Å². The maximum absolute atomic E-state index is 12.4. The predicted molar refractivity (Wildman–Crippen MR) is 111 cm³/mol. The van der Waals surface area contributed by atoms with Crippen LogP contribution in [0.15, 0.2) is 47.6 Å². The van der Waals surface area contributed by atoms with Crippen LogP contribution in [0.5, 0.6) is 0 Å². The topological polar surface area (TPSA) is 74.6 Å². The molecule has 0 saturated carbocycles. The van der Waals surface area contributed by atoms with Gasteiger partial charge in [-0.3, -0.25) is 9.59 Å². The first-order valence-corrected chi connectivity index (χ1v) is 9.65. The third-order valence-electron chi connectivity index (χ3n) is 4.77. The van der Waals surface area contributed by atoms with Crippen molar-refractivity contribution >= 4 is 11.6 Å². The largest absolute Gasteiger partial charge is 0.392 e. The molecular formula is C23H36O4. The lowest BCUT2D eigenvalue weighted by atomic mass is 9.87. The minimum atomic E-state index is -0.922. The summed E-state index contributed by atoms with van der Waals surface area (Å²) >= 11 is 0. The molecule has 0 radical (unpaired) electrons. The zero-order chi connectivity index (χ0) is 21.0. The minimum absolute atomic E-state index is 0.00618. The van der Waals surface area contributed by atoms with Crippen molar-refractivity contribution in [1.29, 1.82) is 0 Å². The van der Waals surface area contributed by atoms with E-state index in [0.29, 0.717) is 5.57 Å². The molecule has 0 aromatic carbocycles. The normalized spacial score (nSPS) is 17.9. The fourth-order valence-electron chi connectivity index (χ4n) is 2.38. The number of ketones is 2. The molecule has 0 saturated heterocycles. The Labute approximate surface area is 164 Å². The van der Waals surface area contributed by atoms with E-state index < -0.39 is 18.1 Å². The Morgan fingerprint density at radius 3 is 2.19 bits per heavy atom. The summed E-state index contributed by atoms with van der Waals surface area (Å²) in [5.74, 6) is -0.947. The van der Waals surface area contributed by atoms with Gasteiger partial charge in [0.1, 0.15) is 11.6 Å². The van der Waals surface area contributed by atoms with Crippen LogP contribution < -0.4 is 0 Å². The van der Waals surface area contributed by atoms with Gasteiger partial charge in [0.25, 0.3) is 0 Å². The molecule has 27 heavy (non-hydrogen) atoms. The lowest BCUT2D eigenvalue weighted by molar-refractivity contribution is -0.127. The number of aliphatic hydroxyl groups is 2. The second-order valence-electron chi connectivity index (χ2n) is 7.32. The number of carbonyl (C=O) groups excluding carboxylic acids is 2. The van der Waals surface area contributed by atoms with Crippen molar-refractivity contribution in [2.75, 3.05) is 0 Å². The first-order valence-electron chi connectivity index (χ1n) is 9.65. The molecule has 0 bridgehead atoms. The monoisotopic (exact) mass is 376 g/mol. The zero-order valence-electron chi connectivity index (χ0n) is 17.6. The molecule has 0 spiro atoms. The van der Waals surface area contributed by atoms with Gasteiger partial charge < -0.3 is 10.2 Å². The van der Waals surface area contributed by atoms with E-state index in [9.17, 15) is 19.8 Å². The van der Waals surface area contributed by atoms with Crippen LogP contribution in [0.25, 0.3) is 0 Å². The van der Waals surface area contributed by atoms with Crippen molar-refractivity contribution in [3.63, 3.8) is 0 Å². The van der Waals surface area contributed by atoms with E-state index >= 15 is 0 Å². The van der Waals surface area contributed by atoms with Crippen molar-refractivity contribution in [3.05, 3.63) is 47.6 Å². The maximum atomic E-state index is 12.4. The van der Waals surface area contributed by atoms with E-state index in [1.165, 1.54) is 12.5 Å². The van der Waals surface area contributed by atoms with Crippen LogP contribution in [0.2, 0.25) is 0 Å². The summed E-state index contributed by atoms with van der Waals surface area (Å²) in [7, 11) is 0. The number of rotatable bonds is 12. The van der Waals surface area contributed by atoms with Gasteiger partial charge in [0.05, 0.1) is 12.2 Å². The third kappa shape index (κ3) is 10.8. The molecule has 2 N–H and O–H groups in total. The van der Waals surface area contributed by atoms with Gasteiger partial charge in [-0.05, 0) is 32.8 Å². The van der Waals surface area contributed by atoms with Crippen LogP contribution in [-0.2, 0) is 9.59 Å². The van der Waals surface area contributed by atoms with Crippen molar-refractivity contribution in [2.24, 2.45) is 11.8 Å². The van der Waals surface area contributed by atoms with E-state index in [-0.39, 0.29) is 30.3 Å². The number of hydrogen-bond donors (Lipinski definition) is 2. The standard InChI is InChI=1S/C23H36O4/c1-7-16(2)11-9-8-10-12-18(4)23(27)20(6)22(26)15-21(25)17(3)13-14-19(5)24/h8-13,18,20-21,23,25,27H,7,14-15H2,1-6H3/b9-8+,12-10+,16-11+,17-13+/t18-,20?,21?,23?/m1/s1. The maximum Gasteiger partial charge on any atom is 0.141 e. The Balaban J connectivity index is 4.68. The van der Waals surface area contributed by atoms with Crippen molar-refractivity contribution < 1.29 is 19.8 Å². The summed E-state index contributed by atoms with van der Waals surface area (Å²) in [5, 5.41) is 20.5. The van der Waals surface area contributed by atoms with E-state index in [1.54, 1.807) is 19.9 Å². The molecule has 152 valence electrons. The highest BCUT2D eigenvalue weighted by atomic mass is 16.3. The van der Waals surface area contributed by atoms with Gasteiger partial charge in [-0.15, -0.1) is 0 Å². The fourth-order valence-corrected chi connectivity index (χ4v) is 2.38. The molecule has 0 amide bonds. The van der Waals surface area contributed by atoms with Gasteiger partial charge in [-0.1, -0.05) is 62.8 Å². The van der Waals surface area contributed by atoms with Gasteiger partial charge in [-0.2, -0.15) is 0 Å². The first kappa shape index (κ1) is 25.2. The Bertz CT molecular complexity index is 595. The molecule has 4 nitrogen and oxygen atoms in total. The highest BCUT2D eigenvalue weighted by Gasteiger charge is 2.27. The van der Waals surface area contributed by atoms with Crippen LogP contribution >= 0.6 is 0 Å². The van der Waals surface area contributed by atoms with Crippen LogP contribution in [0, 0.1) is 11.8 Å². The van der Waals surface area contributed by atoms with E-state index in [2.05, 4.69) is 13.8 Å². The number of Topliss-reactive ketones (excluding diaryl/α,β-unsaturated/α-hetero) is 2. The van der Waals surface area contributed by atoms with Crippen LogP contribution in [0.1, 0.15) is 60.8 Å².